The third-order valence-electron chi connectivity index (χ3n) is 4.56. The van der Waals surface area contributed by atoms with Gasteiger partial charge < -0.3 is 18.5 Å². The maximum atomic E-state index is 13.4. The van der Waals surface area contributed by atoms with Crippen LogP contribution in [0.25, 0.3) is 0 Å². The first-order chi connectivity index (χ1) is 16.5. The third-order valence-corrected chi connectivity index (χ3v) is 7.72. The predicted octanol–water partition coefficient (Wildman–Crippen LogP) is 7.17. The van der Waals surface area contributed by atoms with Crippen LogP contribution in [-0.4, -0.2) is 29.2 Å². The van der Waals surface area contributed by atoms with Crippen molar-refractivity contribution >= 4 is 30.0 Å². The molecule has 3 rings (SSSR count). The molecule has 0 atom stereocenters. The van der Waals surface area contributed by atoms with Gasteiger partial charge in [0.15, 0.2) is 5.13 Å². The smallest absolute Gasteiger partial charge is 0.357 e. The van der Waals surface area contributed by atoms with Crippen LogP contribution in [-0.2, 0) is 13.6 Å². The van der Waals surface area contributed by atoms with Crippen molar-refractivity contribution in [1.82, 2.24) is 4.98 Å². The second kappa shape index (κ2) is 12.0. The molecule has 1 aromatic carbocycles. The van der Waals surface area contributed by atoms with E-state index in [1.54, 1.807) is 41.9 Å². The van der Waals surface area contributed by atoms with Gasteiger partial charge >= 0.3 is 7.60 Å². The monoisotopic (exact) mass is 520 g/mol. The molecule has 1 heterocycles. The Morgan fingerprint density at radius 1 is 0.971 bits per heavy atom. The third kappa shape index (κ3) is 8.04. The fourth-order valence-electron chi connectivity index (χ4n) is 3.34. The van der Waals surface area contributed by atoms with Crippen LogP contribution in [0.1, 0.15) is 64.7 Å². The van der Waals surface area contributed by atoms with Crippen LogP contribution < -0.4 is 14.8 Å². The maximum absolute atomic E-state index is 13.4. The van der Waals surface area contributed by atoms with Gasteiger partial charge in [-0.1, -0.05) is 0 Å². The Kier molecular flexibility index (Phi) is 9.30. The van der Waals surface area contributed by atoms with Crippen molar-refractivity contribution in [3.63, 3.8) is 0 Å². The number of nitrogens with zero attached hydrogens (tertiary/aromatic N) is 1. The molecule has 0 radical (unpaired) electrons. The van der Waals surface area contributed by atoms with Crippen molar-refractivity contribution in [3.05, 3.63) is 58.6 Å². The number of hydrogen-bond donors (Lipinski definition) is 1. The Morgan fingerprint density at radius 2 is 1.66 bits per heavy atom. The van der Waals surface area contributed by atoms with E-state index in [1.165, 1.54) is 11.3 Å². The average molecular weight is 521 g/mol. The molecule has 0 spiro atoms. The molecule has 0 saturated carbocycles. The summed E-state index contributed by atoms with van der Waals surface area (Å²) < 4.78 is 36.8. The number of aromatic nitrogens is 1. The summed E-state index contributed by atoms with van der Waals surface area (Å²) in [6.07, 6.45) is 5.58. The number of carbonyl (C=O) groups excluding carboxylic acids is 1. The quantitative estimate of drug-likeness (QED) is 0.314. The number of thiazole rings is 1. The lowest BCUT2D eigenvalue weighted by Crippen LogP contribution is -2.13. The van der Waals surface area contributed by atoms with Crippen LogP contribution in [0, 0.1) is 0 Å². The van der Waals surface area contributed by atoms with E-state index in [4.69, 9.17) is 18.5 Å². The SMILES string of the molecule is CC(C)Oc1cc(OC2=CC=C(P(=O)(OC(C)C)OC(C)C)CC2)cc(C(=O)Nc2nccs2)c1. The van der Waals surface area contributed by atoms with Crippen LogP contribution in [0.4, 0.5) is 5.13 Å². The molecule has 190 valence electrons. The summed E-state index contributed by atoms with van der Waals surface area (Å²) in [5, 5.41) is 5.70. The molecule has 2 aromatic rings. The van der Waals surface area contributed by atoms with E-state index in [0.29, 0.717) is 46.1 Å². The molecule has 1 amide bonds. The Labute approximate surface area is 210 Å². The molecule has 1 aromatic heterocycles. The highest BCUT2D eigenvalue weighted by atomic mass is 32.1. The van der Waals surface area contributed by atoms with Gasteiger partial charge in [0.25, 0.3) is 5.91 Å². The number of ether oxygens (including phenoxy) is 2. The number of allylic oxidation sites excluding steroid dienone is 4. The second-order valence-corrected chi connectivity index (χ2v) is 11.7. The lowest BCUT2D eigenvalue weighted by Gasteiger charge is -2.26. The molecule has 1 aliphatic carbocycles. The van der Waals surface area contributed by atoms with Gasteiger partial charge in [0.1, 0.15) is 17.3 Å². The summed E-state index contributed by atoms with van der Waals surface area (Å²) in [6.45, 7) is 11.2. The first kappa shape index (κ1) is 27.1. The summed E-state index contributed by atoms with van der Waals surface area (Å²) in [6, 6.07) is 5.07. The molecule has 0 unspecified atom stereocenters. The Morgan fingerprint density at radius 3 is 2.20 bits per heavy atom. The minimum Gasteiger partial charge on any atom is -0.491 e. The van der Waals surface area contributed by atoms with Gasteiger partial charge in [-0.05, 0) is 72.2 Å². The van der Waals surface area contributed by atoms with E-state index >= 15 is 0 Å². The van der Waals surface area contributed by atoms with E-state index in [-0.39, 0.29) is 24.2 Å². The lowest BCUT2D eigenvalue weighted by molar-refractivity contribution is 0.102. The van der Waals surface area contributed by atoms with Crippen LogP contribution in [0.2, 0.25) is 0 Å². The maximum Gasteiger partial charge on any atom is 0.357 e. The molecule has 0 aliphatic heterocycles. The van der Waals surface area contributed by atoms with E-state index in [2.05, 4.69) is 10.3 Å². The topological polar surface area (TPSA) is 96.0 Å². The zero-order chi connectivity index (χ0) is 25.6. The molecule has 0 saturated heterocycles. The Balaban J connectivity index is 1.83. The molecule has 1 aliphatic rings. The van der Waals surface area contributed by atoms with Crippen molar-refractivity contribution in [2.24, 2.45) is 0 Å². The van der Waals surface area contributed by atoms with Crippen molar-refractivity contribution < 1.29 is 27.9 Å². The van der Waals surface area contributed by atoms with Crippen LogP contribution in [0.15, 0.2) is 53.0 Å². The Bertz CT molecular complexity index is 1110. The number of amides is 1. The van der Waals surface area contributed by atoms with Crippen molar-refractivity contribution in [3.8, 4) is 11.5 Å². The van der Waals surface area contributed by atoms with Crippen LogP contribution in [0.5, 0.6) is 11.5 Å². The minimum absolute atomic E-state index is 0.0735. The number of rotatable bonds is 11. The summed E-state index contributed by atoms with van der Waals surface area (Å²) in [5.41, 5.74) is 0.390. The van der Waals surface area contributed by atoms with Gasteiger partial charge in [0.2, 0.25) is 0 Å². The number of benzene rings is 1. The van der Waals surface area contributed by atoms with Gasteiger partial charge in [-0.3, -0.25) is 14.7 Å². The number of anilines is 1. The van der Waals surface area contributed by atoms with Gasteiger partial charge in [-0.25, -0.2) is 4.98 Å². The summed E-state index contributed by atoms with van der Waals surface area (Å²) in [7, 11) is -3.41. The molecular formula is C25H33N2O6PS. The second-order valence-electron chi connectivity index (χ2n) is 8.85. The van der Waals surface area contributed by atoms with Crippen molar-refractivity contribution in [1.29, 1.82) is 0 Å². The molecule has 35 heavy (non-hydrogen) atoms. The molecule has 0 bridgehead atoms. The highest BCUT2D eigenvalue weighted by molar-refractivity contribution is 7.58. The van der Waals surface area contributed by atoms with Gasteiger partial charge in [0.05, 0.1) is 18.3 Å². The summed E-state index contributed by atoms with van der Waals surface area (Å²) in [4.78, 5) is 16.9. The minimum atomic E-state index is -3.41. The largest absolute Gasteiger partial charge is 0.491 e. The standard InChI is InChI=1S/C25H33N2O6PS/c1-16(2)30-21-13-19(24(28)27-25-26-11-12-35-25)14-22(15-21)31-20-7-9-23(10-8-20)34(29,32-17(3)4)33-18(5)6/h7,9,11-18H,8,10H2,1-6H3,(H,26,27,28). The highest BCUT2D eigenvalue weighted by Gasteiger charge is 2.33. The molecule has 0 fully saturated rings. The highest BCUT2D eigenvalue weighted by Crippen LogP contribution is 2.60. The molecule has 1 N–H and O–H groups in total. The Hall–Kier alpha value is -2.45. The van der Waals surface area contributed by atoms with Crippen LogP contribution >= 0.6 is 18.9 Å². The van der Waals surface area contributed by atoms with E-state index in [0.717, 1.165) is 0 Å². The van der Waals surface area contributed by atoms with E-state index in [1.807, 2.05) is 41.5 Å². The fourth-order valence-corrected chi connectivity index (χ4v) is 5.94. The van der Waals surface area contributed by atoms with Gasteiger partial charge in [-0.2, -0.15) is 0 Å². The van der Waals surface area contributed by atoms with E-state index in [9.17, 15) is 9.36 Å². The van der Waals surface area contributed by atoms with Crippen molar-refractivity contribution in [2.45, 2.75) is 72.7 Å². The molecule has 8 nitrogen and oxygen atoms in total. The zero-order valence-corrected chi connectivity index (χ0v) is 22.7. The average Bonchev–Trinajstić information content (AvgIpc) is 3.25. The first-order valence-corrected chi connectivity index (χ1v) is 14.0. The van der Waals surface area contributed by atoms with Crippen LogP contribution in [0.3, 0.4) is 0 Å². The lowest BCUT2D eigenvalue weighted by atomic mass is 10.1. The summed E-state index contributed by atoms with van der Waals surface area (Å²) in [5.74, 6) is 1.35. The van der Waals surface area contributed by atoms with E-state index < -0.39 is 7.60 Å². The van der Waals surface area contributed by atoms with Crippen molar-refractivity contribution in [2.75, 3.05) is 5.32 Å². The number of hydrogen-bond acceptors (Lipinski definition) is 8. The number of carbonyl (C=O) groups is 1. The number of nitrogens with one attached hydrogen (secondary N) is 1. The predicted molar refractivity (Wildman–Crippen MR) is 138 cm³/mol. The fraction of sp³-hybridized carbons (Fsp3) is 0.440. The zero-order valence-electron chi connectivity index (χ0n) is 20.9. The molecular weight excluding hydrogens is 487 g/mol. The summed E-state index contributed by atoms with van der Waals surface area (Å²) >= 11 is 1.34. The normalized spacial score (nSPS) is 14.2. The first-order valence-electron chi connectivity index (χ1n) is 11.6. The van der Waals surface area contributed by atoms with Gasteiger partial charge in [0, 0.05) is 34.9 Å². The van der Waals surface area contributed by atoms with Gasteiger partial charge in [-0.15, -0.1) is 11.3 Å². The molecule has 10 heteroatoms.